The van der Waals surface area contributed by atoms with Crippen LogP contribution in [0, 0.1) is 0 Å². The first kappa shape index (κ1) is 22.8. The zero-order valence-corrected chi connectivity index (χ0v) is 17.9. The number of halogens is 3. The number of piperidine rings is 1. The van der Waals surface area contributed by atoms with Gasteiger partial charge in [-0.2, -0.15) is 13.2 Å². The van der Waals surface area contributed by atoms with Crippen LogP contribution in [0.25, 0.3) is 0 Å². The highest BCUT2D eigenvalue weighted by atomic mass is 19.4. The summed E-state index contributed by atoms with van der Waals surface area (Å²) in [6.07, 6.45) is 0.423. The SMILES string of the molecule is O=C(NC1CCN(Cc2cccc(C(F)(F)F)c2)CC1)c1ccc(Oc2cccnc2)cc1. The highest BCUT2D eigenvalue weighted by Gasteiger charge is 2.30. The fourth-order valence-electron chi connectivity index (χ4n) is 3.83. The maximum absolute atomic E-state index is 12.9. The molecule has 1 saturated heterocycles. The molecule has 1 aliphatic heterocycles. The number of carbonyl (C=O) groups is 1. The van der Waals surface area contributed by atoms with Gasteiger partial charge in [0, 0.05) is 37.4 Å². The van der Waals surface area contributed by atoms with E-state index in [0.29, 0.717) is 42.3 Å². The number of alkyl halides is 3. The van der Waals surface area contributed by atoms with Crippen molar-refractivity contribution in [2.24, 2.45) is 0 Å². The Morgan fingerprint density at radius 1 is 1.03 bits per heavy atom. The highest BCUT2D eigenvalue weighted by Crippen LogP contribution is 2.30. The van der Waals surface area contributed by atoms with Crippen LogP contribution in [0.15, 0.2) is 73.1 Å². The third kappa shape index (κ3) is 6.32. The number of rotatable bonds is 6. The van der Waals surface area contributed by atoms with E-state index in [0.717, 1.165) is 18.9 Å². The third-order valence-electron chi connectivity index (χ3n) is 5.57. The van der Waals surface area contributed by atoms with Gasteiger partial charge in [0.25, 0.3) is 5.91 Å². The van der Waals surface area contributed by atoms with E-state index in [9.17, 15) is 18.0 Å². The molecule has 33 heavy (non-hydrogen) atoms. The second kappa shape index (κ2) is 10.0. The second-order valence-corrected chi connectivity index (χ2v) is 8.04. The first-order valence-electron chi connectivity index (χ1n) is 10.7. The van der Waals surface area contributed by atoms with E-state index >= 15 is 0 Å². The van der Waals surface area contributed by atoms with E-state index in [-0.39, 0.29) is 11.9 Å². The molecule has 1 aromatic heterocycles. The predicted octanol–water partition coefficient (Wildman–Crippen LogP) is 5.29. The van der Waals surface area contributed by atoms with Crippen LogP contribution in [0.4, 0.5) is 13.2 Å². The molecule has 0 atom stereocenters. The van der Waals surface area contributed by atoms with Crippen molar-refractivity contribution < 1.29 is 22.7 Å². The minimum Gasteiger partial charge on any atom is -0.456 e. The Morgan fingerprint density at radius 3 is 2.45 bits per heavy atom. The van der Waals surface area contributed by atoms with Crippen LogP contribution in [-0.2, 0) is 12.7 Å². The lowest BCUT2D eigenvalue weighted by Crippen LogP contribution is -2.44. The minimum atomic E-state index is -4.34. The number of hydrogen-bond acceptors (Lipinski definition) is 4. The van der Waals surface area contributed by atoms with Crippen LogP contribution >= 0.6 is 0 Å². The summed E-state index contributed by atoms with van der Waals surface area (Å²) in [5, 5.41) is 3.05. The minimum absolute atomic E-state index is 0.0292. The summed E-state index contributed by atoms with van der Waals surface area (Å²) in [6.45, 7) is 1.88. The molecule has 1 amide bonds. The van der Waals surface area contributed by atoms with E-state index in [2.05, 4.69) is 15.2 Å². The van der Waals surface area contributed by atoms with Gasteiger partial charge in [0.15, 0.2) is 0 Å². The maximum atomic E-state index is 12.9. The molecule has 8 heteroatoms. The monoisotopic (exact) mass is 455 g/mol. The van der Waals surface area contributed by atoms with E-state index in [4.69, 9.17) is 4.74 Å². The quantitative estimate of drug-likeness (QED) is 0.549. The van der Waals surface area contributed by atoms with Gasteiger partial charge in [-0.05, 0) is 60.9 Å². The fraction of sp³-hybridized carbons (Fsp3) is 0.280. The van der Waals surface area contributed by atoms with Crippen molar-refractivity contribution in [1.82, 2.24) is 15.2 Å². The molecule has 0 saturated carbocycles. The topological polar surface area (TPSA) is 54.5 Å². The van der Waals surface area contributed by atoms with Crippen molar-refractivity contribution >= 4 is 5.91 Å². The van der Waals surface area contributed by atoms with Crippen LogP contribution < -0.4 is 10.1 Å². The number of hydrogen-bond donors (Lipinski definition) is 1. The Morgan fingerprint density at radius 2 is 1.79 bits per heavy atom. The molecule has 0 spiro atoms. The zero-order chi connectivity index (χ0) is 23.3. The van der Waals surface area contributed by atoms with Crippen LogP contribution in [0.5, 0.6) is 11.5 Å². The van der Waals surface area contributed by atoms with Crippen molar-refractivity contribution in [3.05, 3.63) is 89.7 Å². The molecule has 1 aliphatic rings. The highest BCUT2D eigenvalue weighted by molar-refractivity contribution is 5.94. The van der Waals surface area contributed by atoms with Gasteiger partial charge in [-0.15, -0.1) is 0 Å². The number of likely N-dealkylation sites (tertiary alicyclic amines) is 1. The number of aromatic nitrogens is 1. The van der Waals surface area contributed by atoms with E-state index < -0.39 is 11.7 Å². The first-order valence-corrected chi connectivity index (χ1v) is 10.7. The van der Waals surface area contributed by atoms with Crippen LogP contribution in [-0.4, -0.2) is 34.9 Å². The Bertz CT molecular complexity index is 1060. The summed E-state index contributed by atoms with van der Waals surface area (Å²) < 4.78 is 44.4. The molecular weight excluding hydrogens is 431 g/mol. The van der Waals surface area contributed by atoms with Gasteiger partial charge >= 0.3 is 6.18 Å². The molecule has 2 aromatic carbocycles. The van der Waals surface area contributed by atoms with Crippen molar-refractivity contribution in [3.63, 3.8) is 0 Å². The molecule has 4 rings (SSSR count). The van der Waals surface area contributed by atoms with Gasteiger partial charge in [0.1, 0.15) is 11.5 Å². The van der Waals surface area contributed by atoms with Crippen molar-refractivity contribution in [2.75, 3.05) is 13.1 Å². The van der Waals surface area contributed by atoms with Crippen LogP contribution in [0.3, 0.4) is 0 Å². The smallest absolute Gasteiger partial charge is 0.416 e. The van der Waals surface area contributed by atoms with Crippen LogP contribution in [0.2, 0.25) is 0 Å². The van der Waals surface area contributed by atoms with E-state index in [1.807, 2.05) is 0 Å². The Balaban J connectivity index is 1.25. The third-order valence-corrected chi connectivity index (χ3v) is 5.57. The summed E-state index contributed by atoms with van der Waals surface area (Å²) in [7, 11) is 0. The lowest BCUT2D eigenvalue weighted by atomic mass is 10.0. The summed E-state index contributed by atoms with van der Waals surface area (Å²) >= 11 is 0. The van der Waals surface area contributed by atoms with Crippen molar-refractivity contribution in [3.8, 4) is 11.5 Å². The van der Waals surface area contributed by atoms with Gasteiger partial charge < -0.3 is 10.1 Å². The van der Waals surface area contributed by atoms with Crippen molar-refractivity contribution in [2.45, 2.75) is 31.6 Å². The number of carbonyl (C=O) groups excluding carboxylic acids is 1. The number of benzene rings is 2. The lowest BCUT2D eigenvalue weighted by Gasteiger charge is -2.32. The summed E-state index contributed by atoms with van der Waals surface area (Å²) in [4.78, 5) is 18.7. The summed E-state index contributed by atoms with van der Waals surface area (Å²) in [6, 6.07) is 15.9. The molecular formula is C25H24F3N3O2. The number of nitrogens with zero attached hydrogens (tertiary/aromatic N) is 2. The van der Waals surface area contributed by atoms with Crippen molar-refractivity contribution in [1.29, 1.82) is 0 Å². The number of nitrogens with one attached hydrogen (secondary N) is 1. The molecule has 2 heterocycles. The largest absolute Gasteiger partial charge is 0.456 e. The second-order valence-electron chi connectivity index (χ2n) is 8.04. The fourth-order valence-corrected chi connectivity index (χ4v) is 3.83. The molecule has 3 aromatic rings. The predicted molar refractivity (Wildman–Crippen MR) is 118 cm³/mol. The number of pyridine rings is 1. The van der Waals surface area contributed by atoms with Gasteiger partial charge in [-0.25, -0.2) is 0 Å². The normalized spacial score (nSPS) is 15.2. The Labute approximate surface area is 190 Å². The van der Waals surface area contributed by atoms with E-state index in [1.165, 1.54) is 12.1 Å². The zero-order valence-electron chi connectivity index (χ0n) is 17.9. The Hall–Kier alpha value is -3.39. The molecule has 172 valence electrons. The molecule has 1 fully saturated rings. The van der Waals surface area contributed by atoms with Gasteiger partial charge in [0.05, 0.1) is 11.8 Å². The molecule has 1 N–H and O–H groups in total. The average Bonchev–Trinajstić information content (AvgIpc) is 2.81. The van der Waals surface area contributed by atoms with Crippen LogP contribution in [0.1, 0.15) is 34.3 Å². The molecule has 0 aliphatic carbocycles. The molecule has 0 bridgehead atoms. The lowest BCUT2D eigenvalue weighted by molar-refractivity contribution is -0.137. The molecule has 0 radical (unpaired) electrons. The number of ether oxygens (including phenoxy) is 1. The molecule has 5 nitrogen and oxygen atoms in total. The maximum Gasteiger partial charge on any atom is 0.416 e. The standard InChI is InChI=1S/C25H24F3N3O2/c26-25(27,28)20-4-1-3-18(15-20)17-31-13-10-21(11-14-31)30-24(32)19-6-8-22(9-7-19)33-23-5-2-12-29-16-23/h1-9,12,15-16,21H,10-11,13-14,17H2,(H,30,32). The first-order chi connectivity index (χ1) is 15.9. The summed E-state index contributed by atoms with van der Waals surface area (Å²) in [5.41, 5.74) is 0.555. The van der Waals surface area contributed by atoms with Gasteiger partial charge in [-0.1, -0.05) is 18.2 Å². The summed E-state index contributed by atoms with van der Waals surface area (Å²) in [5.74, 6) is 1.08. The molecule has 0 unspecified atom stereocenters. The van der Waals surface area contributed by atoms with E-state index in [1.54, 1.807) is 54.9 Å². The number of amides is 1. The van der Waals surface area contributed by atoms with Gasteiger partial charge in [0.2, 0.25) is 0 Å². The average molecular weight is 455 g/mol. The van der Waals surface area contributed by atoms with Gasteiger partial charge in [-0.3, -0.25) is 14.7 Å². The Kier molecular flexibility index (Phi) is 6.93.